The summed E-state index contributed by atoms with van der Waals surface area (Å²) in [6.45, 7) is 0.125. The van der Waals surface area contributed by atoms with Crippen LogP contribution in [0.1, 0.15) is 11.1 Å². The molecule has 0 saturated heterocycles. The summed E-state index contributed by atoms with van der Waals surface area (Å²) in [7, 11) is -2.67. The summed E-state index contributed by atoms with van der Waals surface area (Å²) in [5, 5.41) is 9.51. The maximum atomic E-state index is 13.3. The molecule has 0 radical (unpaired) electrons. The van der Waals surface area contributed by atoms with Crippen LogP contribution in [0.2, 0.25) is 0 Å². The number of methoxy groups -OCH3 is 1. The number of fused-ring (bicyclic) bond motifs is 1. The lowest BCUT2D eigenvalue weighted by Crippen LogP contribution is -2.16. The van der Waals surface area contributed by atoms with E-state index in [1.165, 1.54) is 0 Å². The molecule has 0 aromatic heterocycles. The third-order valence-electron chi connectivity index (χ3n) is 4.22. The van der Waals surface area contributed by atoms with Gasteiger partial charge >= 0.3 is 6.18 Å². The highest BCUT2D eigenvalue weighted by atomic mass is 32.2. The number of primary sulfonamides is 1. The number of alkyl halides is 3. The molecular weight excluding hydrogens is 393 g/mol. The van der Waals surface area contributed by atoms with Gasteiger partial charge in [-0.05, 0) is 52.7 Å². The largest absolute Gasteiger partial charge is 0.497 e. The second-order valence-electron chi connectivity index (χ2n) is 6.15. The molecule has 0 unspecified atom stereocenters. The van der Waals surface area contributed by atoms with Gasteiger partial charge in [0.2, 0.25) is 10.0 Å². The van der Waals surface area contributed by atoms with E-state index in [4.69, 9.17) is 9.88 Å². The molecule has 0 aliphatic rings. The SMILES string of the molecule is COc1ccc2cc(CNc3ccc(S(N)(=O)=O)cc3C(F)(F)F)ccc2c1. The minimum Gasteiger partial charge on any atom is -0.497 e. The topological polar surface area (TPSA) is 81.4 Å². The summed E-state index contributed by atoms with van der Waals surface area (Å²) in [5.74, 6) is 0.711. The van der Waals surface area contributed by atoms with Crippen molar-refractivity contribution in [2.75, 3.05) is 12.4 Å². The van der Waals surface area contributed by atoms with Crippen LogP contribution in [-0.2, 0) is 22.7 Å². The van der Waals surface area contributed by atoms with Gasteiger partial charge in [-0.3, -0.25) is 0 Å². The third kappa shape index (κ3) is 4.37. The first kappa shape index (κ1) is 20.0. The van der Waals surface area contributed by atoms with Gasteiger partial charge in [-0.2, -0.15) is 13.2 Å². The zero-order valence-electron chi connectivity index (χ0n) is 14.7. The van der Waals surface area contributed by atoms with Crippen LogP contribution in [-0.4, -0.2) is 15.5 Å². The van der Waals surface area contributed by atoms with E-state index in [1.807, 2.05) is 24.3 Å². The van der Waals surface area contributed by atoms with Crippen LogP contribution in [0.4, 0.5) is 18.9 Å². The Morgan fingerprint density at radius 2 is 1.68 bits per heavy atom. The first-order chi connectivity index (χ1) is 13.1. The smallest absolute Gasteiger partial charge is 0.418 e. The van der Waals surface area contributed by atoms with Crippen LogP contribution in [0.15, 0.2) is 59.5 Å². The Kier molecular flexibility index (Phi) is 5.22. The number of hydrogen-bond donors (Lipinski definition) is 2. The van der Waals surface area contributed by atoms with Crippen molar-refractivity contribution in [2.45, 2.75) is 17.6 Å². The number of ether oxygens (including phenoxy) is 1. The summed E-state index contributed by atoms with van der Waals surface area (Å²) in [4.78, 5) is -0.593. The molecule has 0 aliphatic heterocycles. The molecule has 5 nitrogen and oxygen atoms in total. The number of benzene rings is 3. The number of rotatable bonds is 5. The van der Waals surface area contributed by atoms with Crippen LogP contribution >= 0.6 is 0 Å². The fourth-order valence-electron chi connectivity index (χ4n) is 2.80. The van der Waals surface area contributed by atoms with Gasteiger partial charge in [0.1, 0.15) is 5.75 Å². The Balaban J connectivity index is 1.88. The predicted octanol–water partition coefficient (Wildman–Crippen LogP) is 4.13. The molecule has 3 N–H and O–H groups in total. The van der Waals surface area contributed by atoms with E-state index >= 15 is 0 Å². The fraction of sp³-hybridized carbons (Fsp3) is 0.158. The van der Waals surface area contributed by atoms with Crippen molar-refractivity contribution in [3.63, 3.8) is 0 Å². The summed E-state index contributed by atoms with van der Waals surface area (Å²) < 4.78 is 67.9. The van der Waals surface area contributed by atoms with E-state index in [0.29, 0.717) is 11.8 Å². The van der Waals surface area contributed by atoms with Crippen molar-refractivity contribution in [1.29, 1.82) is 0 Å². The molecule has 9 heteroatoms. The van der Waals surface area contributed by atoms with Gasteiger partial charge in [0.25, 0.3) is 0 Å². The van der Waals surface area contributed by atoms with Crippen molar-refractivity contribution >= 4 is 26.5 Å². The van der Waals surface area contributed by atoms with Gasteiger partial charge in [0.15, 0.2) is 0 Å². The van der Waals surface area contributed by atoms with E-state index in [9.17, 15) is 21.6 Å². The van der Waals surface area contributed by atoms with Crippen molar-refractivity contribution in [3.8, 4) is 5.75 Å². The monoisotopic (exact) mass is 410 g/mol. The molecule has 3 aromatic rings. The van der Waals surface area contributed by atoms with E-state index in [0.717, 1.165) is 28.5 Å². The van der Waals surface area contributed by atoms with Crippen LogP contribution < -0.4 is 15.2 Å². The quantitative estimate of drug-likeness (QED) is 0.663. The maximum Gasteiger partial charge on any atom is 0.418 e. The summed E-state index contributed by atoms with van der Waals surface area (Å²) >= 11 is 0. The van der Waals surface area contributed by atoms with Gasteiger partial charge in [-0.25, -0.2) is 13.6 Å². The summed E-state index contributed by atoms with van der Waals surface area (Å²) in [5.41, 5.74) is -0.555. The highest BCUT2D eigenvalue weighted by molar-refractivity contribution is 7.89. The van der Waals surface area contributed by atoms with Gasteiger partial charge in [0.05, 0.1) is 17.6 Å². The number of halogens is 3. The van der Waals surface area contributed by atoms with E-state index in [1.54, 1.807) is 19.2 Å². The fourth-order valence-corrected chi connectivity index (χ4v) is 3.34. The average molecular weight is 410 g/mol. The molecule has 28 heavy (non-hydrogen) atoms. The van der Waals surface area contributed by atoms with Crippen LogP contribution in [0.25, 0.3) is 10.8 Å². The van der Waals surface area contributed by atoms with Crippen molar-refractivity contribution < 1.29 is 26.3 Å². The minimum atomic E-state index is -4.73. The third-order valence-corrected chi connectivity index (χ3v) is 5.13. The highest BCUT2D eigenvalue weighted by Crippen LogP contribution is 2.36. The van der Waals surface area contributed by atoms with Crippen molar-refractivity contribution in [2.24, 2.45) is 5.14 Å². The molecule has 3 rings (SSSR count). The lowest BCUT2D eigenvalue weighted by molar-refractivity contribution is -0.137. The van der Waals surface area contributed by atoms with E-state index < -0.39 is 26.7 Å². The number of hydrogen-bond acceptors (Lipinski definition) is 4. The minimum absolute atomic E-state index is 0.125. The Hall–Kier alpha value is -2.78. The molecule has 0 aliphatic carbocycles. The Bertz CT molecular complexity index is 1130. The highest BCUT2D eigenvalue weighted by Gasteiger charge is 2.34. The molecule has 0 spiro atoms. The van der Waals surface area contributed by atoms with Crippen molar-refractivity contribution in [1.82, 2.24) is 0 Å². The molecule has 0 atom stereocenters. The second kappa shape index (κ2) is 7.33. The van der Waals surface area contributed by atoms with Crippen LogP contribution in [0.5, 0.6) is 5.75 Å². The molecule has 0 bridgehead atoms. The number of nitrogens with one attached hydrogen (secondary N) is 1. The lowest BCUT2D eigenvalue weighted by atomic mass is 10.1. The molecule has 148 valence electrons. The van der Waals surface area contributed by atoms with Crippen LogP contribution in [0.3, 0.4) is 0 Å². The number of anilines is 1. The average Bonchev–Trinajstić information content (AvgIpc) is 2.64. The first-order valence-electron chi connectivity index (χ1n) is 8.12. The Morgan fingerprint density at radius 3 is 2.32 bits per heavy atom. The Labute approximate surface area is 160 Å². The first-order valence-corrected chi connectivity index (χ1v) is 9.67. The standard InChI is InChI=1S/C19H17F3N2O3S/c1-27-15-5-4-13-8-12(2-3-14(13)9-15)11-24-18-7-6-16(28(23,25)26)10-17(18)19(20,21)22/h2-10,24H,11H2,1H3,(H2,23,25,26). The Morgan fingerprint density at radius 1 is 1.00 bits per heavy atom. The molecule has 0 saturated carbocycles. The normalized spacial score (nSPS) is 12.2. The summed E-state index contributed by atoms with van der Waals surface area (Å²) in [6, 6.07) is 13.7. The molecule has 0 amide bonds. The van der Waals surface area contributed by atoms with Gasteiger partial charge in [-0.15, -0.1) is 0 Å². The molecule has 3 aromatic carbocycles. The summed E-state index contributed by atoms with van der Waals surface area (Å²) in [6.07, 6.45) is -4.73. The zero-order valence-corrected chi connectivity index (χ0v) is 15.6. The lowest BCUT2D eigenvalue weighted by Gasteiger charge is -2.16. The van der Waals surface area contributed by atoms with Crippen LogP contribution in [0, 0.1) is 0 Å². The molecular formula is C19H17F3N2O3S. The van der Waals surface area contributed by atoms with E-state index in [2.05, 4.69) is 5.32 Å². The van der Waals surface area contributed by atoms with E-state index in [-0.39, 0.29) is 12.2 Å². The molecule has 0 heterocycles. The van der Waals surface area contributed by atoms with Crippen molar-refractivity contribution in [3.05, 3.63) is 65.7 Å². The van der Waals surface area contributed by atoms with Gasteiger partial charge in [-0.1, -0.05) is 18.2 Å². The number of sulfonamides is 1. The van der Waals surface area contributed by atoms with Gasteiger partial charge < -0.3 is 10.1 Å². The number of nitrogens with two attached hydrogens (primary N) is 1. The predicted molar refractivity (Wildman–Crippen MR) is 101 cm³/mol. The van der Waals surface area contributed by atoms with Gasteiger partial charge in [0, 0.05) is 12.2 Å². The maximum absolute atomic E-state index is 13.3. The molecule has 0 fully saturated rings. The second-order valence-corrected chi connectivity index (χ2v) is 7.71. The zero-order chi connectivity index (χ0) is 20.5.